The van der Waals surface area contributed by atoms with Gasteiger partial charge < -0.3 is 27.2 Å². The number of nitrogens with two attached hydrogens (primary N) is 2. The standard InChI is InChI=1S/C20H31N5O4/c1-20(2,18(28)29)13-16(26)25-15(12-14-8-4-3-5-9-14)17(27)23-10-6-7-11-24-19(21)22/h3-5,8-9,15H,6-7,10-13H2,1-2H3,(H,23,27)(H,25,26)(H,28,29)(H4,21,22,24). The summed E-state index contributed by atoms with van der Waals surface area (Å²) in [6.45, 7) is 3.84. The summed E-state index contributed by atoms with van der Waals surface area (Å²) >= 11 is 0. The molecule has 0 saturated carbocycles. The molecular weight excluding hydrogens is 374 g/mol. The van der Waals surface area contributed by atoms with Gasteiger partial charge in [-0.25, -0.2) is 0 Å². The number of guanidine groups is 1. The zero-order chi connectivity index (χ0) is 21.9. The molecule has 0 saturated heterocycles. The molecule has 0 aliphatic rings. The topological polar surface area (TPSA) is 160 Å². The predicted octanol–water partition coefficient (Wildman–Crippen LogP) is 0.385. The van der Waals surface area contributed by atoms with Gasteiger partial charge in [0.15, 0.2) is 5.96 Å². The number of carbonyl (C=O) groups excluding carboxylic acids is 2. The van der Waals surface area contributed by atoms with Gasteiger partial charge in [-0.3, -0.25) is 19.4 Å². The maximum atomic E-state index is 12.6. The van der Waals surface area contributed by atoms with E-state index in [1.807, 2.05) is 30.3 Å². The molecule has 9 nitrogen and oxygen atoms in total. The molecule has 7 N–H and O–H groups in total. The van der Waals surface area contributed by atoms with Crippen molar-refractivity contribution in [3.63, 3.8) is 0 Å². The first-order valence-corrected chi connectivity index (χ1v) is 9.51. The second-order valence-corrected chi connectivity index (χ2v) is 7.48. The number of aliphatic imine (C=N–C) groups is 1. The largest absolute Gasteiger partial charge is 0.481 e. The summed E-state index contributed by atoms with van der Waals surface area (Å²) in [5.74, 6) is -1.85. The molecular formula is C20H31N5O4. The number of aliphatic carboxylic acids is 1. The maximum Gasteiger partial charge on any atom is 0.309 e. The van der Waals surface area contributed by atoms with E-state index in [1.54, 1.807) is 0 Å². The summed E-state index contributed by atoms with van der Waals surface area (Å²) in [6.07, 6.45) is 1.47. The van der Waals surface area contributed by atoms with Crippen molar-refractivity contribution in [3.05, 3.63) is 35.9 Å². The van der Waals surface area contributed by atoms with Crippen LogP contribution < -0.4 is 22.1 Å². The van der Waals surface area contributed by atoms with Crippen molar-refractivity contribution in [2.24, 2.45) is 21.9 Å². The fourth-order valence-electron chi connectivity index (χ4n) is 2.56. The van der Waals surface area contributed by atoms with Crippen LogP contribution >= 0.6 is 0 Å². The summed E-state index contributed by atoms with van der Waals surface area (Å²) in [4.78, 5) is 40.1. The number of amides is 2. The van der Waals surface area contributed by atoms with Gasteiger partial charge in [0.05, 0.1) is 5.41 Å². The summed E-state index contributed by atoms with van der Waals surface area (Å²) < 4.78 is 0. The summed E-state index contributed by atoms with van der Waals surface area (Å²) in [7, 11) is 0. The van der Waals surface area contributed by atoms with Crippen molar-refractivity contribution in [1.29, 1.82) is 0 Å². The number of unbranched alkanes of at least 4 members (excludes halogenated alkanes) is 1. The average molecular weight is 405 g/mol. The summed E-state index contributed by atoms with van der Waals surface area (Å²) in [5.41, 5.74) is 10.2. The summed E-state index contributed by atoms with van der Waals surface area (Å²) in [5, 5.41) is 14.7. The van der Waals surface area contributed by atoms with Gasteiger partial charge in [0, 0.05) is 25.9 Å². The molecule has 1 atom stereocenters. The number of benzene rings is 1. The first-order chi connectivity index (χ1) is 13.6. The van der Waals surface area contributed by atoms with Crippen LogP contribution in [0.25, 0.3) is 0 Å². The van der Waals surface area contributed by atoms with Crippen molar-refractivity contribution in [3.8, 4) is 0 Å². The fourth-order valence-corrected chi connectivity index (χ4v) is 2.56. The Morgan fingerprint density at radius 1 is 1.14 bits per heavy atom. The smallest absolute Gasteiger partial charge is 0.309 e. The van der Waals surface area contributed by atoms with E-state index in [-0.39, 0.29) is 18.3 Å². The molecule has 1 aromatic rings. The number of nitrogens with zero attached hydrogens (tertiary/aromatic N) is 1. The third-order valence-electron chi connectivity index (χ3n) is 4.29. The van der Waals surface area contributed by atoms with E-state index in [9.17, 15) is 19.5 Å². The van der Waals surface area contributed by atoms with E-state index in [4.69, 9.17) is 11.5 Å². The van der Waals surface area contributed by atoms with Crippen LogP contribution in [0.15, 0.2) is 35.3 Å². The zero-order valence-electron chi connectivity index (χ0n) is 17.0. The monoisotopic (exact) mass is 405 g/mol. The highest BCUT2D eigenvalue weighted by atomic mass is 16.4. The molecule has 0 aliphatic heterocycles. The molecule has 0 radical (unpaired) electrons. The van der Waals surface area contributed by atoms with Crippen LogP contribution in [0.3, 0.4) is 0 Å². The van der Waals surface area contributed by atoms with Crippen molar-refractivity contribution < 1.29 is 19.5 Å². The van der Waals surface area contributed by atoms with Gasteiger partial charge in [-0.15, -0.1) is 0 Å². The maximum absolute atomic E-state index is 12.6. The third kappa shape index (κ3) is 9.59. The van der Waals surface area contributed by atoms with Gasteiger partial charge in [-0.1, -0.05) is 30.3 Å². The van der Waals surface area contributed by atoms with E-state index < -0.39 is 23.3 Å². The zero-order valence-corrected chi connectivity index (χ0v) is 17.0. The Bertz CT molecular complexity index is 715. The highest BCUT2D eigenvalue weighted by Gasteiger charge is 2.31. The highest BCUT2D eigenvalue weighted by molar-refractivity contribution is 5.90. The number of rotatable bonds is 12. The average Bonchev–Trinajstić information content (AvgIpc) is 2.63. The number of hydrogen-bond acceptors (Lipinski definition) is 4. The second-order valence-electron chi connectivity index (χ2n) is 7.48. The Hall–Kier alpha value is -3.10. The van der Waals surface area contributed by atoms with E-state index in [0.29, 0.717) is 32.4 Å². The van der Waals surface area contributed by atoms with Crippen molar-refractivity contribution in [2.75, 3.05) is 13.1 Å². The molecule has 0 spiro atoms. The van der Waals surface area contributed by atoms with Crippen LogP contribution in [0.2, 0.25) is 0 Å². The first-order valence-electron chi connectivity index (χ1n) is 9.51. The number of nitrogens with one attached hydrogen (secondary N) is 2. The normalized spacial score (nSPS) is 11.9. The quantitative estimate of drug-likeness (QED) is 0.192. The van der Waals surface area contributed by atoms with Crippen molar-refractivity contribution >= 4 is 23.7 Å². The molecule has 0 aromatic heterocycles. The number of carboxylic acids is 1. The highest BCUT2D eigenvalue weighted by Crippen LogP contribution is 2.20. The van der Waals surface area contributed by atoms with Crippen LogP contribution in [0.5, 0.6) is 0 Å². The molecule has 29 heavy (non-hydrogen) atoms. The molecule has 9 heteroatoms. The Morgan fingerprint density at radius 3 is 2.38 bits per heavy atom. The number of carboxylic acid groups (broad SMARTS) is 1. The lowest BCUT2D eigenvalue weighted by atomic mass is 9.89. The van der Waals surface area contributed by atoms with Gasteiger partial charge in [0.25, 0.3) is 0 Å². The molecule has 160 valence electrons. The van der Waals surface area contributed by atoms with Gasteiger partial charge in [0.2, 0.25) is 11.8 Å². The minimum absolute atomic E-state index is 0.0314. The molecule has 0 fully saturated rings. The van der Waals surface area contributed by atoms with E-state index >= 15 is 0 Å². The lowest BCUT2D eigenvalue weighted by Gasteiger charge is -2.22. The van der Waals surface area contributed by atoms with Crippen LogP contribution in [0.4, 0.5) is 0 Å². The Labute approximate surface area is 170 Å². The minimum atomic E-state index is -1.22. The van der Waals surface area contributed by atoms with Gasteiger partial charge >= 0.3 is 5.97 Å². The lowest BCUT2D eigenvalue weighted by Crippen LogP contribution is -2.49. The molecule has 0 heterocycles. The molecule has 1 unspecified atom stereocenters. The Morgan fingerprint density at radius 2 is 1.79 bits per heavy atom. The van der Waals surface area contributed by atoms with Crippen LogP contribution in [-0.4, -0.2) is 48.0 Å². The van der Waals surface area contributed by atoms with Gasteiger partial charge in [-0.05, 0) is 32.3 Å². The third-order valence-corrected chi connectivity index (χ3v) is 4.29. The lowest BCUT2D eigenvalue weighted by molar-refractivity contribution is -0.149. The first kappa shape index (κ1) is 23.9. The Kier molecular flexibility index (Phi) is 9.64. The number of hydrogen-bond donors (Lipinski definition) is 5. The molecule has 1 aromatic carbocycles. The summed E-state index contributed by atoms with van der Waals surface area (Å²) in [6, 6.07) is 8.49. The molecule has 1 rings (SSSR count). The van der Waals surface area contributed by atoms with E-state index in [0.717, 1.165) is 5.56 Å². The van der Waals surface area contributed by atoms with E-state index in [1.165, 1.54) is 13.8 Å². The fraction of sp³-hybridized carbons (Fsp3) is 0.500. The molecule has 2 amide bonds. The number of carbonyl (C=O) groups is 3. The van der Waals surface area contributed by atoms with Gasteiger partial charge in [0.1, 0.15) is 6.04 Å². The van der Waals surface area contributed by atoms with Crippen LogP contribution in [-0.2, 0) is 20.8 Å². The van der Waals surface area contributed by atoms with Crippen molar-refractivity contribution in [2.45, 2.75) is 45.6 Å². The predicted molar refractivity (Wildman–Crippen MR) is 111 cm³/mol. The van der Waals surface area contributed by atoms with Crippen LogP contribution in [0, 0.1) is 5.41 Å². The van der Waals surface area contributed by atoms with Gasteiger partial charge in [-0.2, -0.15) is 0 Å². The Balaban J connectivity index is 2.67. The molecule has 0 aliphatic carbocycles. The molecule has 0 bridgehead atoms. The second kappa shape index (κ2) is 11.7. The van der Waals surface area contributed by atoms with E-state index in [2.05, 4.69) is 15.6 Å². The SMILES string of the molecule is CC(C)(CC(=O)NC(Cc1ccccc1)C(=O)NCCCCN=C(N)N)C(=O)O. The van der Waals surface area contributed by atoms with Crippen molar-refractivity contribution in [1.82, 2.24) is 10.6 Å². The minimum Gasteiger partial charge on any atom is -0.481 e. The van der Waals surface area contributed by atoms with Crippen LogP contribution in [0.1, 0.15) is 38.7 Å².